The molecule has 0 radical (unpaired) electrons. The Morgan fingerprint density at radius 1 is 1.12 bits per heavy atom. The van der Waals surface area contributed by atoms with Crippen molar-refractivity contribution >= 4 is 17.5 Å². The maximum Gasteiger partial charge on any atom is 0.244 e. The molecule has 1 aliphatic carbocycles. The van der Waals surface area contributed by atoms with Crippen LogP contribution >= 0.6 is 0 Å². The third kappa shape index (κ3) is 4.22. The molecule has 24 heavy (non-hydrogen) atoms. The van der Waals surface area contributed by atoms with Crippen molar-refractivity contribution < 1.29 is 0 Å². The predicted molar refractivity (Wildman–Crippen MR) is 98.8 cm³/mol. The second-order valence-electron chi connectivity index (χ2n) is 6.59. The summed E-state index contributed by atoms with van der Waals surface area (Å²) < 4.78 is 0. The summed E-state index contributed by atoms with van der Waals surface area (Å²) in [5.41, 5.74) is 3.62. The van der Waals surface area contributed by atoms with E-state index in [-0.39, 0.29) is 0 Å². The van der Waals surface area contributed by atoms with E-state index in [4.69, 9.17) is 0 Å². The monoisotopic (exact) mass is 325 g/mol. The molecule has 0 atom stereocenters. The Morgan fingerprint density at radius 3 is 2.67 bits per heavy atom. The van der Waals surface area contributed by atoms with E-state index in [2.05, 4.69) is 57.9 Å². The lowest BCUT2D eigenvalue weighted by Gasteiger charge is -2.17. The normalized spacial score (nSPS) is 15.8. The van der Waals surface area contributed by atoms with Crippen molar-refractivity contribution in [2.24, 2.45) is 0 Å². The third-order valence-electron chi connectivity index (χ3n) is 4.74. The summed E-state index contributed by atoms with van der Waals surface area (Å²) >= 11 is 0. The summed E-state index contributed by atoms with van der Waals surface area (Å²) in [5.74, 6) is 1.36. The minimum absolute atomic E-state index is 0.467. The Morgan fingerprint density at radius 2 is 1.92 bits per heavy atom. The molecule has 1 aromatic carbocycles. The van der Waals surface area contributed by atoms with E-state index in [9.17, 15) is 0 Å². The van der Waals surface area contributed by atoms with Crippen LogP contribution in [0.2, 0.25) is 0 Å². The number of para-hydroxylation sites is 1. The summed E-state index contributed by atoms with van der Waals surface area (Å²) in [4.78, 5) is 4.61. The van der Waals surface area contributed by atoms with Crippen LogP contribution in [0, 0.1) is 6.92 Å². The number of anilines is 3. The molecule has 0 spiro atoms. The van der Waals surface area contributed by atoms with Crippen molar-refractivity contribution in [3.05, 3.63) is 35.5 Å². The number of nitrogens with zero attached hydrogens (tertiary/aromatic N) is 3. The van der Waals surface area contributed by atoms with Gasteiger partial charge in [-0.05, 0) is 37.3 Å². The molecule has 1 aromatic heterocycles. The average molecular weight is 325 g/mol. The van der Waals surface area contributed by atoms with Gasteiger partial charge in [0.2, 0.25) is 5.95 Å². The van der Waals surface area contributed by atoms with Gasteiger partial charge in [0.1, 0.15) is 0 Å². The minimum Gasteiger partial charge on any atom is -0.350 e. The molecule has 128 valence electrons. The summed E-state index contributed by atoms with van der Waals surface area (Å²) in [6.07, 6.45) is 10.3. The first-order valence-electron chi connectivity index (χ1n) is 9.08. The van der Waals surface area contributed by atoms with Crippen LogP contribution in [0.1, 0.15) is 56.6 Å². The highest BCUT2D eigenvalue weighted by atomic mass is 15.3. The number of aryl methyl sites for hydroxylation is 2. The highest BCUT2D eigenvalue weighted by Gasteiger charge is 2.14. The smallest absolute Gasteiger partial charge is 0.244 e. The predicted octanol–water partition coefficient (Wildman–Crippen LogP) is 4.62. The summed E-state index contributed by atoms with van der Waals surface area (Å²) in [6.45, 7) is 4.28. The van der Waals surface area contributed by atoms with E-state index in [0.29, 0.717) is 12.0 Å². The number of rotatable bonds is 5. The van der Waals surface area contributed by atoms with Gasteiger partial charge in [0.05, 0.1) is 6.20 Å². The largest absolute Gasteiger partial charge is 0.350 e. The number of hydrogen-bond donors (Lipinski definition) is 2. The Bertz CT molecular complexity index is 663. The standard InChI is InChI=1S/C19H27N5/c1-3-15-10-8-9-14(2)18(15)22-17-13-20-24-19(23-17)21-16-11-6-4-5-7-12-16/h8-10,13,16H,3-7,11-12H2,1-2H3,(H2,21,22,23,24). The van der Waals surface area contributed by atoms with Crippen LogP contribution < -0.4 is 10.6 Å². The van der Waals surface area contributed by atoms with E-state index < -0.39 is 0 Å². The molecule has 5 nitrogen and oxygen atoms in total. The molecule has 3 rings (SSSR count). The average Bonchev–Trinajstić information content (AvgIpc) is 2.86. The molecular formula is C19H27N5. The van der Waals surface area contributed by atoms with Gasteiger partial charge < -0.3 is 10.6 Å². The molecule has 0 saturated heterocycles. The van der Waals surface area contributed by atoms with Crippen molar-refractivity contribution in [3.8, 4) is 0 Å². The molecule has 1 saturated carbocycles. The van der Waals surface area contributed by atoms with Crippen molar-refractivity contribution in [2.45, 2.75) is 64.8 Å². The first kappa shape index (κ1) is 16.7. The quantitative estimate of drug-likeness (QED) is 0.785. The van der Waals surface area contributed by atoms with Crippen LogP contribution in [0.4, 0.5) is 17.5 Å². The number of nitrogens with one attached hydrogen (secondary N) is 2. The molecule has 0 amide bonds. The number of benzene rings is 1. The van der Waals surface area contributed by atoms with Crippen LogP contribution in [0.25, 0.3) is 0 Å². The van der Waals surface area contributed by atoms with Gasteiger partial charge in [0.15, 0.2) is 5.82 Å². The second-order valence-corrected chi connectivity index (χ2v) is 6.59. The van der Waals surface area contributed by atoms with Crippen molar-refractivity contribution in [3.63, 3.8) is 0 Å². The van der Waals surface area contributed by atoms with Gasteiger partial charge in [0.25, 0.3) is 0 Å². The zero-order valence-electron chi connectivity index (χ0n) is 14.7. The molecule has 0 aliphatic heterocycles. The summed E-state index contributed by atoms with van der Waals surface area (Å²) in [7, 11) is 0. The Balaban J connectivity index is 1.73. The van der Waals surface area contributed by atoms with E-state index >= 15 is 0 Å². The van der Waals surface area contributed by atoms with Gasteiger partial charge in [-0.2, -0.15) is 10.1 Å². The fourth-order valence-electron chi connectivity index (χ4n) is 3.36. The van der Waals surface area contributed by atoms with Crippen LogP contribution in [-0.4, -0.2) is 21.2 Å². The number of hydrogen-bond acceptors (Lipinski definition) is 5. The zero-order chi connectivity index (χ0) is 16.8. The molecule has 2 aromatic rings. The van der Waals surface area contributed by atoms with Crippen molar-refractivity contribution in [1.29, 1.82) is 0 Å². The number of aromatic nitrogens is 3. The van der Waals surface area contributed by atoms with Crippen molar-refractivity contribution in [2.75, 3.05) is 10.6 Å². The van der Waals surface area contributed by atoms with E-state index in [1.54, 1.807) is 6.20 Å². The Kier molecular flexibility index (Phi) is 5.62. The summed E-state index contributed by atoms with van der Waals surface area (Å²) in [5, 5.41) is 15.2. The van der Waals surface area contributed by atoms with E-state index in [1.165, 1.54) is 49.7 Å². The van der Waals surface area contributed by atoms with Gasteiger partial charge in [0, 0.05) is 11.7 Å². The molecule has 1 fully saturated rings. The summed E-state index contributed by atoms with van der Waals surface area (Å²) in [6, 6.07) is 6.82. The van der Waals surface area contributed by atoms with Gasteiger partial charge in [-0.15, -0.1) is 5.10 Å². The molecule has 1 aliphatic rings. The maximum atomic E-state index is 4.61. The Hall–Kier alpha value is -2.17. The molecule has 2 N–H and O–H groups in total. The van der Waals surface area contributed by atoms with Crippen LogP contribution in [0.3, 0.4) is 0 Å². The van der Waals surface area contributed by atoms with E-state index in [0.717, 1.165) is 17.9 Å². The second kappa shape index (κ2) is 8.08. The third-order valence-corrected chi connectivity index (χ3v) is 4.74. The Labute approximate surface area is 144 Å². The maximum absolute atomic E-state index is 4.61. The fraction of sp³-hybridized carbons (Fsp3) is 0.526. The molecule has 0 bridgehead atoms. The van der Waals surface area contributed by atoms with Crippen LogP contribution in [0.5, 0.6) is 0 Å². The highest BCUT2D eigenvalue weighted by molar-refractivity contribution is 5.64. The lowest BCUT2D eigenvalue weighted by atomic mass is 10.1. The minimum atomic E-state index is 0.467. The molecule has 5 heteroatoms. The first-order chi connectivity index (χ1) is 11.8. The van der Waals surface area contributed by atoms with Gasteiger partial charge >= 0.3 is 0 Å². The van der Waals surface area contributed by atoms with Crippen LogP contribution in [-0.2, 0) is 6.42 Å². The molecular weight excluding hydrogens is 298 g/mol. The lowest BCUT2D eigenvalue weighted by Crippen LogP contribution is -2.20. The SMILES string of the molecule is CCc1cccc(C)c1Nc1cnnc(NC2CCCCCC2)n1. The first-order valence-corrected chi connectivity index (χ1v) is 9.08. The van der Waals surface area contributed by atoms with Gasteiger partial charge in [-0.1, -0.05) is 50.8 Å². The van der Waals surface area contributed by atoms with E-state index in [1.807, 2.05) is 0 Å². The van der Waals surface area contributed by atoms with Crippen molar-refractivity contribution in [1.82, 2.24) is 15.2 Å². The topological polar surface area (TPSA) is 62.7 Å². The molecule has 1 heterocycles. The zero-order valence-corrected chi connectivity index (χ0v) is 14.7. The van der Waals surface area contributed by atoms with Gasteiger partial charge in [-0.25, -0.2) is 0 Å². The van der Waals surface area contributed by atoms with Crippen LogP contribution in [0.15, 0.2) is 24.4 Å². The lowest BCUT2D eigenvalue weighted by molar-refractivity contribution is 0.613. The van der Waals surface area contributed by atoms with Gasteiger partial charge in [-0.3, -0.25) is 0 Å². The molecule has 0 unspecified atom stereocenters. The fourth-order valence-corrected chi connectivity index (χ4v) is 3.36. The highest BCUT2D eigenvalue weighted by Crippen LogP contribution is 2.25.